The highest BCUT2D eigenvalue weighted by molar-refractivity contribution is 7.44. The lowest BCUT2D eigenvalue weighted by atomic mass is 9.80. The second kappa shape index (κ2) is 20.9. The summed E-state index contributed by atoms with van der Waals surface area (Å²) in [6.45, 7) is 9.23. The summed E-state index contributed by atoms with van der Waals surface area (Å²) in [5.74, 6) is -0.116. The summed E-state index contributed by atoms with van der Waals surface area (Å²) in [4.78, 5) is 60.4. The molecule has 0 saturated carbocycles. The number of nitrogens with zero attached hydrogens (tertiary/aromatic N) is 4. The third kappa shape index (κ3) is 8.60. The molecule has 1 unspecified atom stereocenters. The van der Waals surface area contributed by atoms with Crippen LogP contribution in [0, 0.1) is 11.3 Å². The number of carbonyl (C=O) groups is 4. The number of ether oxygens (including phenoxy) is 3. The summed E-state index contributed by atoms with van der Waals surface area (Å²) in [5.41, 5.74) is 3.31. The van der Waals surface area contributed by atoms with Gasteiger partial charge in [-0.25, -0.2) is 4.67 Å². The number of hydrogen-bond donors (Lipinski definition) is 0. The molecule has 8 aromatic rings. The number of carbonyl (C=O) groups excluding carboxylic acids is 4. The first-order chi connectivity index (χ1) is 35.9. The molecule has 4 amide bonds. The number of hydrogen-bond acceptors (Lipinski definition) is 11. The SMILES string of the molecule is COc1ccc(C(OCCCN2C(=O)c3ccc4c5ccc6c7c(ccc(c8ccc(c3c48)C2=O)c75)C(=O)N(CCCOP(OCCC#N)N(C(C)C)C(C)C)C6=O)(c2ccccc2)c2ccc(OC)cc2)cc1. The topological polar surface area (TPSA) is 148 Å². The van der Waals surface area contributed by atoms with E-state index in [0.717, 1.165) is 49.0 Å². The van der Waals surface area contributed by atoms with Crippen LogP contribution in [0.2, 0.25) is 0 Å². The van der Waals surface area contributed by atoms with Gasteiger partial charge in [-0.2, -0.15) is 5.26 Å². The molecule has 376 valence electrons. The predicted molar refractivity (Wildman–Crippen MR) is 287 cm³/mol. The van der Waals surface area contributed by atoms with Crippen molar-refractivity contribution in [3.05, 3.63) is 166 Å². The molecule has 2 aliphatic rings. The molecule has 13 nitrogen and oxygen atoms in total. The van der Waals surface area contributed by atoms with Crippen molar-refractivity contribution in [1.82, 2.24) is 14.5 Å². The van der Waals surface area contributed by atoms with Crippen molar-refractivity contribution in [1.29, 1.82) is 5.26 Å². The van der Waals surface area contributed by atoms with E-state index in [4.69, 9.17) is 28.5 Å². The van der Waals surface area contributed by atoms with Crippen LogP contribution in [0.4, 0.5) is 0 Å². The minimum Gasteiger partial charge on any atom is -0.497 e. The van der Waals surface area contributed by atoms with Crippen LogP contribution in [0.1, 0.15) is 105 Å². The van der Waals surface area contributed by atoms with Crippen molar-refractivity contribution < 1.29 is 42.4 Å². The molecule has 0 fully saturated rings. The number of nitriles is 1. The van der Waals surface area contributed by atoms with E-state index in [0.29, 0.717) is 57.4 Å². The number of amides is 4. The Morgan fingerprint density at radius 1 is 0.514 bits per heavy atom. The molecule has 0 saturated heterocycles. The average Bonchev–Trinajstić information content (AvgIpc) is 3.45. The lowest BCUT2D eigenvalue weighted by Crippen LogP contribution is -2.41. The van der Waals surface area contributed by atoms with Gasteiger partial charge in [0.2, 0.25) is 0 Å². The summed E-state index contributed by atoms with van der Waals surface area (Å²) in [6, 6.07) is 42.8. The Morgan fingerprint density at radius 3 is 1.30 bits per heavy atom. The van der Waals surface area contributed by atoms with Crippen molar-refractivity contribution in [3.8, 4) is 17.6 Å². The molecule has 0 aliphatic carbocycles. The van der Waals surface area contributed by atoms with Crippen LogP contribution < -0.4 is 9.47 Å². The minimum atomic E-state index is -1.47. The first kappa shape index (κ1) is 50.2. The summed E-state index contributed by atoms with van der Waals surface area (Å²) < 4.78 is 32.5. The third-order valence-electron chi connectivity index (χ3n) is 14.2. The fraction of sp³-hybridized carbons (Fsp3) is 0.283. The van der Waals surface area contributed by atoms with E-state index < -0.39 is 14.1 Å². The van der Waals surface area contributed by atoms with Gasteiger partial charge in [0.15, 0.2) is 0 Å². The van der Waals surface area contributed by atoms with E-state index in [9.17, 15) is 19.2 Å². The molecular formula is C60H57N4O9P. The second-order valence-electron chi connectivity index (χ2n) is 19.1. The quantitative estimate of drug-likeness (QED) is 0.0169. The number of fused-ring (bicyclic) bond motifs is 2. The van der Waals surface area contributed by atoms with Crippen LogP contribution in [0.5, 0.6) is 11.5 Å². The van der Waals surface area contributed by atoms with Crippen molar-refractivity contribution in [2.75, 3.05) is 47.1 Å². The molecule has 8 aromatic carbocycles. The van der Waals surface area contributed by atoms with E-state index in [1.807, 2.05) is 103 Å². The molecule has 14 heteroatoms. The number of rotatable bonds is 21. The van der Waals surface area contributed by atoms with Crippen molar-refractivity contribution in [3.63, 3.8) is 0 Å². The molecule has 0 radical (unpaired) electrons. The monoisotopic (exact) mass is 1010 g/mol. The molecule has 0 bridgehead atoms. The molecule has 2 heterocycles. The Bertz CT molecular complexity index is 3310. The zero-order chi connectivity index (χ0) is 51.8. The van der Waals surface area contributed by atoms with Crippen molar-refractivity contribution >= 4 is 75.2 Å². The van der Waals surface area contributed by atoms with Crippen molar-refractivity contribution in [2.24, 2.45) is 0 Å². The van der Waals surface area contributed by atoms with Gasteiger partial charge in [-0.15, -0.1) is 0 Å². The molecule has 0 N–H and O–H groups in total. The van der Waals surface area contributed by atoms with Gasteiger partial charge in [0.1, 0.15) is 17.1 Å². The molecule has 0 aromatic heterocycles. The van der Waals surface area contributed by atoms with E-state index >= 15 is 0 Å². The van der Waals surface area contributed by atoms with Gasteiger partial charge < -0.3 is 23.3 Å². The van der Waals surface area contributed by atoms with E-state index in [-0.39, 0.29) is 75.0 Å². The second-order valence-corrected chi connectivity index (χ2v) is 20.6. The lowest BCUT2D eigenvalue weighted by Gasteiger charge is -2.36. The Balaban J connectivity index is 0.912. The molecule has 10 rings (SSSR count). The van der Waals surface area contributed by atoms with E-state index in [1.165, 1.54) is 9.80 Å². The number of benzene rings is 8. The maximum atomic E-state index is 14.6. The van der Waals surface area contributed by atoms with Gasteiger partial charge >= 0.3 is 0 Å². The molecule has 0 spiro atoms. The fourth-order valence-corrected chi connectivity index (χ4v) is 12.6. The van der Waals surface area contributed by atoms with Crippen LogP contribution in [0.3, 0.4) is 0 Å². The Kier molecular flexibility index (Phi) is 14.2. The lowest BCUT2D eigenvalue weighted by molar-refractivity contribution is 0.00841. The highest BCUT2D eigenvalue weighted by Crippen LogP contribution is 2.48. The van der Waals surface area contributed by atoms with Gasteiger partial charge in [-0.3, -0.25) is 29.0 Å². The predicted octanol–water partition coefficient (Wildman–Crippen LogP) is 12.0. The normalized spacial score (nSPS) is 14.2. The minimum absolute atomic E-state index is 0.117. The van der Waals surface area contributed by atoms with E-state index in [1.54, 1.807) is 38.5 Å². The summed E-state index contributed by atoms with van der Waals surface area (Å²) in [5, 5.41) is 15.1. The summed E-state index contributed by atoms with van der Waals surface area (Å²) >= 11 is 0. The molecule has 74 heavy (non-hydrogen) atoms. The highest BCUT2D eigenvalue weighted by Gasteiger charge is 2.40. The smallest absolute Gasteiger partial charge is 0.261 e. The molecular weight excluding hydrogens is 952 g/mol. The van der Waals surface area contributed by atoms with Crippen LogP contribution >= 0.6 is 8.53 Å². The van der Waals surface area contributed by atoms with Crippen molar-refractivity contribution in [2.45, 2.75) is 64.6 Å². The molecule has 1 atom stereocenters. The van der Waals surface area contributed by atoms with Gasteiger partial charge in [0.25, 0.3) is 32.2 Å². The zero-order valence-corrected chi connectivity index (χ0v) is 43.2. The van der Waals surface area contributed by atoms with Crippen LogP contribution in [0.15, 0.2) is 127 Å². The zero-order valence-electron chi connectivity index (χ0n) is 42.3. The van der Waals surface area contributed by atoms with Gasteiger partial charge in [0.05, 0.1) is 46.5 Å². The van der Waals surface area contributed by atoms with E-state index in [2.05, 4.69) is 38.4 Å². The fourth-order valence-electron chi connectivity index (χ4n) is 11.0. The average molecular weight is 1010 g/mol. The maximum absolute atomic E-state index is 14.6. The Labute approximate surface area is 431 Å². The molecule has 2 aliphatic heterocycles. The standard InChI is InChI=1S/C60H57N4O9P/c1-37(2)64(38(3)4)74(72-35-10-31-61)73-36-12-33-63-58(67)50-29-25-46-44-23-27-48-54-49(28-24-45(52(44)54)47-26-30-51(59(63)68)55(50)53(46)47)57(66)62(56(48)65)32-11-34-71-60(39-13-8-7-9-14-39,40-15-19-42(69-5)20-16-40)41-17-21-43(70-6)22-18-41/h7-9,13-30,37-38H,10-12,32-36H2,1-6H3. The van der Waals surface area contributed by atoms with Gasteiger partial charge in [-0.1, -0.05) is 78.9 Å². The van der Waals surface area contributed by atoms with Crippen LogP contribution in [-0.4, -0.2) is 97.3 Å². The van der Waals surface area contributed by atoms with Gasteiger partial charge in [0, 0.05) is 58.2 Å². The summed E-state index contributed by atoms with van der Waals surface area (Å²) in [7, 11) is 1.79. The first-order valence-corrected chi connectivity index (χ1v) is 26.2. The highest BCUT2D eigenvalue weighted by atomic mass is 31.2. The number of methoxy groups -OCH3 is 2. The number of imide groups is 2. The third-order valence-corrected chi connectivity index (χ3v) is 16.3. The van der Waals surface area contributed by atoms with Crippen LogP contribution in [-0.2, 0) is 19.4 Å². The summed E-state index contributed by atoms with van der Waals surface area (Å²) in [6.07, 6.45) is 0.989. The van der Waals surface area contributed by atoms with Crippen LogP contribution in [0.25, 0.3) is 43.1 Å². The Morgan fingerprint density at radius 2 is 0.905 bits per heavy atom. The largest absolute Gasteiger partial charge is 0.497 e. The maximum Gasteiger partial charge on any atom is 0.261 e. The Hall–Kier alpha value is -7.30. The van der Waals surface area contributed by atoms with Gasteiger partial charge in [-0.05, 0) is 138 Å². The first-order valence-electron chi connectivity index (χ1n) is 25.1.